The Hall–Kier alpha value is -1.85. The third kappa shape index (κ3) is 2.94. The molecule has 6 heteroatoms. The van der Waals surface area contributed by atoms with Gasteiger partial charge in [0.2, 0.25) is 5.95 Å². The summed E-state index contributed by atoms with van der Waals surface area (Å²) in [4.78, 5) is 18.7. The molecule has 2 N–H and O–H groups in total. The zero-order valence-electron chi connectivity index (χ0n) is 11.9. The summed E-state index contributed by atoms with van der Waals surface area (Å²) in [5.41, 5.74) is 1.64. The molecule has 0 aliphatic carbocycles. The Balaban J connectivity index is 2.45. The predicted molar refractivity (Wildman–Crippen MR) is 78.6 cm³/mol. The first-order valence-electron chi connectivity index (χ1n) is 7.00. The van der Waals surface area contributed by atoms with E-state index in [9.17, 15) is 0 Å². The lowest BCUT2D eigenvalue weighted by atomic mass is 10.3. The number of H-pyrrole nitrogens is 1. The zero-order valence-corrected chi connectivity index (χ0v) is 11.9. The quantitative estimate of drug-likeness (QED) is 0.802. The molecule has 0 atom stereocenters. The van der Waals surface area contributed by atoms with E-state index in [1.165, 1.54) is 0 Å². The molecule has 2 aromatic rings. The zero-order chi connectivity index (χ0) is 13.7. The molecule has 104 valence electrons. The average molecular weight is 262 g/mol. The lowest BCUT2D eigenvalue weighted by Gasteiger charge is -2.23. The van der Waals surface area contributed by atoms with Crippen molar-refractivity contribution in [3.05, 3.63) is 6.33 Å². The van der Waals surface area contributed by atoms with Crippen molar-refractivity contribution in [1.82, 2.24) is 19.9 Å². The van der Waals surface area contributed by atoms with E-state index in [4.69, 9.17) is 0 Å². The minimum absolute atomic E-state index is 0.648. The van der Waals surface area contributed by atoms with Gasteiger partial charge in [-0.2, -0.15) is 9.97 Å². The van der Waals surface area contributed by atoms with Gasteiger partial charge in [-0.05, 0) is 19.8 Å². The molecule has 0 amide bonds. The molecule has 0 spiro atoms. The Morgan fingerprint density at radius 1 is 1.16 bits per heavy atom. The van der Waals surface area contributed by atoms with E-state index >= 15 is 0 Å². The molecule has 0 fully saturated rings. The minimum atomic E-state index is 0.648. The highest BCUT2D eigenvalue weighted by Gasteiger charge is 2.15. The van der Waals surface area contributed by atoms with E-state index in [1.54, 1.807) is 6.33 Å². The van der Waals surface area contributed by atoms with Crippen molar-refractivity contribution in [3.63, 3.8) is 0 Å². The van der Waals surface area contributed by atoms with Gasteiger partial charge in [0.25, 0.3) is 0 Å². The molecule has 0 unspecified atom stereocenters. The summed E-state index contributed by atoms with van der Waals surface area (Å²) >= 11 is 0. The molecule has 0 saturated heterocycles. The van der Waals surface area contributed by atoms with Crippen molar-refractivity contribution in [3.8, 4) is 0 Å². The highest BCUT2D eigenvalue weighted by molar-refractivity contribution is 5.84. The lowest BCUT2D eigenvalue weighted by Crippen LogP contribution is -2.26. The number of nitrogens with zero attached hydrogens (tertiary/aromatic N) is 4. The highest BCUT2D eigenvalue weighted by Crippen LogP contribution is 2.23. The molecule has 0 bridgehead atoms. The van der Waals surface area contributed by atoms with E-state index in [-0.39, 0.29) is 0 Å². The van der Waals surface area contributed by atoms with Gasteiger partial charge < -0.3 is 15.2 Å². The van der Waals surface area contributed by atoms with Gasteiger partial charge in [0.05, 0.1) is 6.33 Å². The summed E-state index contributed by atoms with van der Waals surface area (Å²) in [5.74, 6) is 1.59. The van der Waals surface area contributed by atoms with Crippen molar-refractivity contribution in [2.24, 2.45) is 0 Å². The van der Waals surface area contributed by atoms with Crippen LogP contribution in [0.3, 0.4) is 0 Å². The molecule has 2 heterocycles. The van der Waals surface area contributed by atoms with E-state index in [2.05, 4.69) is 44.0 Å². The third-order valence-corrected chi connectivity index (χ3v) is 2.89. The van der Waals surface area contributed by atoms with Crippen LogP contribution in [0.4, 0.5) is 11.8 Å². The second-order valence-electron chi connectivity index (χ2n) is 4.49. The molecular formula is C13H22N6. The highest BCUT2D eigenvalue weighted by atomic mass is 15.2. The number of rotatable bonds is 7. The Morgan fingerprint density at radius 3 is 2.53 bits per heavy atom. The molecule has 0 saturated carbocycles. The van der Waals surface area contributed by atoms with Crippen molar-refractivity contribution >= 4 is 22.9 Å². The minimum Gasteiger partial charge on any atom is -0.355 e. The number of aromatic amines is 1. The largest absolute Gasteiger partial charge is 0.355 e. The van der Waals surface area contributed by atoms with Crippen LogP contribution in [-0.4, -0.2) is 39.6 Å². The van der Waals surface area contributed by atoms with Gasteiger partial charge in [-0.15, -0.1) is 0 Å². The summed E-state index contributed by atoms with van der Waals surface area (Å²) < 4.78 is 0. The fourth-order valence-electron chi connectivity index (χ4n) is 2.15. The van der Waals surface area contributed by atoms with E-state index in [0.717, 1.165) is 49.5 Å². The van der Waals surface area contributed by atoms with E-state index in [0.29, 0.717) is 5.95 Å². The monoisotopic (exact) mass is 262 g/mol. The topological polar surface area (TPSA) is 69.7 Å². The molecule has 0 aliphatic rings. The Morgan fingerprint density at radius 2 is 1.89 bits per heavy atom. The molecule has 6 nitrogen and oxygen atoms in total. The van der Waals surface area contributed by atoms with Crippen LogP contribution in [-0.2, 0) is 0 Å². The van der Waals surface area contributed by atoms with Crippen LogP contribution in [0, 0.1) is 0 Å². The summed E-state index contributed by atoms with van der Waals surface area (Å²) in [6.07, 6.45) is 3.86. The van der Waals surface area contributed by atoms with Crippen LogP contribution in [0.2, 0.25) is 0 Å². The number of hydrogen-bond donors (Lipinski definition) is 2. The molecule has 0 aromatic carbocycles. The first-order valence-corrected chi connectivity index (χ1v) is 7.00. The van der Waals surface area contributed by atoms with Crippen molar-refractivity contribution in [2.75, 3.05) is 29.9 Å². The van der Waals surface area contributed by atoms with Gasteiger partial charge in [0.15, 0.2) is 11.5 Å². The van der Waals surface area contributed by atoms with Crippen LogP contribution in [0.15, 0.2) is 6.33 Å². The fourth-order valence-corrected chi connectivity index (χ4v) is 2.15. The Bertz CT molecular complexity index is 515. The summed E-state index contributed by atoms with van der Waals surface area (Å²) in [5, 5.41) is 3.17. The van der Waals surface area contributed by atoms with Gasteiger partial charge in [-0.25, -0.2) is 4.98 Å². The van der Waals surface area contributed by atoms with Crippen molar-refractivity contribution in [2.45, 2.75) is 33.6 Å². The normalized spacial score (nSPS) is 10.9. The first kappa shape index (κ1) is 13.6. The number of anilines is 2. The Kier molecular flexibility index (Phi) is 4.54. The first-order chi connectivity index (χ1) is 9.30. The number of aromatic nitrogens is 4. The number of nitrogens with one attached hydrogen (secondary N) is 2. The van der Waals surface area contributed by atoms with Crippen molar-refractivity contribution in [1.29, 1.82) is 0 Å². The molecule has 0 aliphatic heterocycles. The fraction of sp³-hybridized carbons (Fsp3) is 0.615. The predicted octanol–water partition coefficient (Wildman–Crippen LogP) is 2.41. The van der Waals surface area contributed by atoms with Crippen LogP contribution in [0.25, 0.3) is 11.2 Å². The van der Waals surface area contributed by atoms with Crippen LogP contribution in [0.1, 0.15) is 33.6 Å². The molecular weight excluding hydrogens is 240 g/mol. The second kappa shape index (κ2) is 6.36. The van der Waals surface area contributed by atoms with Crippen molar-refractivity contribution < 1.29 is 0 Å². The van der Waals surface area contributed by atoms with Crippen LogP contribution >= 0.6 is 0 Å². The standard InChI is InChI=1S/C13H22N6/c1-4-7-19(8-5-2)12-10-11(16-9-15-10)17-13(18-12)14-6-3/h9H,4-8H2,1-3H3,(H2,14,15,16,17,18). The maximum Gasteiger partial charge on any atom is 0.226 e. The molecule has 2 aromatic heterocycles. The van der Waals surface area contributed by atoms with Crippen LogP contribution < -0.4 is 10.2 Å². The van der Waals surface area contributed by atoms with Crippen LogP contribution in [0.5, 0.6) is 0 Å². The molecule has 0 radical (unpaired) electrons. The number of imidazole rings is 1. The average Bonchev–Trinajstić information content (AvgIpc) is 2.86. The third-order valence-electron chi connectivity index (χ3n) is 2.89. The second-order valence-corrected chi connectivity index (χ2v) is 4.49. The van der Waals surface area contributed by atoms with E-state index in [1.807, 2.05) is 6.92 Å². The Labute approximate surface area is 113 Å². The number of hydrogen-bond acceptors (Lipinski definition) is 5. The van der Waals surface area contributed by atoms with Gasteiger partial charge in [-0.3, -0.25) is 0 Å². The van der Waals surface area contributed by atoms with Gasteiger partial charge in [0, 0.05) is 19.6 Å². The number of fused-ring (bicyclic) bond motifs is 1. The molecule has 19 heavy (non-hydrogen) atoms. The smallest absolute Gasteiger partial charge is 0.226 e. The van der Waals surface area contributed by atoms with Gasteiger partial charge in [0.1, 0.15) is 5.52 Å². The lowest BCUT2D eigenvalue weighted by molar-refractivity contribution is 0.736. The van der Waals surface area contributed by atoms with E-state index < -0.39 is 0 Å². The summed E-state index contributed by atoms with van der Waals surface area (Å²) in [6, 6.07) is 0. The van der Waals surface area contributed by atoms with Gasteiger partial charge >= 0.3 is 0 Å². The summed E-state index contributed by atoms with van der Waals surface area (Å²) in [6.45, 7) is 9.18. The maximum atomic E-state index is 4.63. The molecule has 2 rings (SSSR count). The SMILES string of the molecule is CCCN(CCC)c1nc(NCC)nc2nc[nH]c12. The van der Waals surface area contributed by atoms with Gasteiger partial charge in [-0.1, -0.05) is 13.8 Å². The summed E-state index contributed by atoms with van der Waals surface area (Å²) in [7, 11) is 0. The maximum absolute atomic E-state index is 4.63.